The first kappa shape index (κ1) is 16.8. The summed E-state index contributed by atoms with van der Waals surface area (Å²) in [7, 11) is 0. The maximum Gasteiger partial charge on any atom is 0.414 e. The number of carbonyl (C=O) groups is 2. The second-order valence-corrected chi connectivity index (χ2v) is 6.02. The SMILES string of the molecule is Cc1cc(/C=C\C(=O)c2cccc(N3CCOC3=O)c2)cc(C)c1O. The van der Waals surface area contributed by atoms with Crippen LogP contribution in [0, 0.1) is 13.8 Å². The molecule has 0 aromatic heterocycles. The van der Waals surface area contributed by atoms with Crippen LogP contribution >= 0.6 is 0 Å². The molecule has 0 unspecified atom stereocenters. The second kappa shape index (κ2) is 6.81. The lowest BCUT2D eigenvalue weighted by molar-refractivity contribution is 0.104. The first-order valence-corrected chi connectivity index (χ1v) is 8.02. The van der Waals surface area contributed by atoms with Gasteiger partial charge in [0.2, 0.25) is 0 Å². The average molecular weight is 337 g/mol. The Balaban J connectivity index is 1.80. The van der Waals surface area contributed by atoms with E-state index in [0.717, 1.165) is 16.7 Å². The molecule has 1 fully saturated rings. The summed E-state index contributed by atoms with van der Waals surface area (Å²) in [6.45, 7) is 4.48. The van der Waals surface area contributed by atoms with E-state index in [-0.39, 0.29) is 11.5 Å². The first-order chi connectivity index (χ1) is 12.0. The molecule has 2 aromatic rings. The third kappa shape index (κ3) is 3.55. The van der Waals surface area contributed by atoms with Gasteiger partial charge in [-0.2, -0.15) is 0 Å². The van der Waals surface area contributed by atoms with Crippen molar-refractivity contribution in [2.45, 2.75) is 13.8 Å². The zero-order valence-electron chi connectivity index (χ0n) is 14.2. The molecule has 0 radical (unpaired) electrons. The standard InChI is InChI=1S/C20H19NO4/c1-13-10-15(11-14(2)19(13)23)6-7-18(22)16-4-3-5-17(12-16)21-8-9-25-20(21)24/h3-7,10-12,23H,8-9H2,1-2H3/b7-6-. The molecule has 1 N–H and O–H groups in total. The lowest BCUT2D eigenvalue weighted by Crippen LogP contribution is -2.23. The molecule has 1 aliphatic rings. The van der Waals surface area contributed by atoms with Crippen LogP contribution in [-0.2, 0) is 4.74 Å². The summed E-state index contributed by atoms with van der Waals surface area (Å²) in [5.41, 5.74) is 3.53. The number of phenolic OH excluding ortho intramolecular Hbond substituents is 1. The van der Waals surface area contributed by atoms with Crippen molar-refractivity contribution in [1.82, 2.24) is 0 Å². The van der Waals surface area contributed by atoms with Crippen molar-refractivity contribution in [1.29, 1.82) is 0 Å². The zero-order valence-corrected chi connectivity index (χ0v) is 14.2. The van der Waals surface area contributed by atoms with Crippen LogP contribution in [0.4, 0.5) is 10.5 Å². The summed E-state index contributed by atoms with van der Waals surface area (Å²) in [5.74, 6) is 0.117. The van der Waals surface area contributed by atoms with E-state index in [1.54, 1.807) is 30.3 Å². The third-order valence-electron chi connectivity index (χ3n) is 4.14. The minimum Gasteiger partial charge on any atom is -0.507 e. The fourth-order valence-corrected chi connectivity index (χ4v) is 2.81. The molecule has 0 atom stereocenters. The monoisotopic (exact) mass is 337 g/mol. The fraction of sp³-hybridized carbons (Fsp3) is 0.200. The van der Waals surface area contributed by atoms with Gasteiger partial charge in [0.1, 0.15) is 12.4 Å². The van der Waals surface area contributed by atoms with Crippen LogP contribution < -0.4 is 4.90 Å². The number of aryl methyl sites for hydroxylation is 2. The Morgan fingerprint density at radius 3 is 2.56 bits per heavy atom. The normalized spacial score (nSPS) is 14.2. The number of aromatic hydroxyl groups is 1. The maximum atomic E-state index is 12.4. The number of anilines is 1. The van der Waals surface area contributed by atoms with Crippen LogP contribution in [0.15, 0.2) is 42.5 Å². The molecule has 128 valence electrons. The average Bonchev–Trinajstić information content (AvgIpc) is 3.03. The summed E-state index contributed by atoms with van der Waals surface area (Å²) < 4.78 is 4.93. The van der Waals surface area contributed by atoms with Gasteiger partial charge in [0.05, 0.1) is 6.54 Å². The fourth-order valence-electron chi connectivity index (χ4n) is 2.81. The number of hydrogen-bond acceptors (Lipinski definition) is 4. The van der Waals surface area contributed by atoms with Crippen LogP contribution in [-0.4, -0.2) is 30.1 Å². The highest BCUT2D eigenvalue weighted by molar-refractivity contribution is 6.07. The molecule has 3 rings (SSSR count). The third-order valence-corrected chi connectivity index (χ3v) is 4.14. The molecule has 5 heteroatoms. The van der Waals surface area contributed by atoms with Crippen molar-refractivity contribution < 1.29 is 19.4 Å². The molecule has 0 aliphatic carbocycles. The largest absolute Gasteiger partial charge is 0.507 e. The molecule has 0 bridgehead atoms. The predicted octanol–water partition coefficient (Wildman–Crippen LogP) is 3.86. The van der Waals surface area contributed by atoms with Gasteiger partial charge in [-0.15, -0.1) is 0 Å². The van der Waals surface area contributed by atoms with Crippen LogP contribution in [0.5, 0.6) is 5.75 Å². The van der Waals surface area contributed by atoms with Crippen molar-refractivity contribution >= 4 is 23.6 Å². The van der Waals surface area contributed by atoms with E-state index in [4.69, 9.17) is 4.74 Å². The lowest BCUT2D eigenvalue weighted by Gasteiger charge is -2.13. The Labute approximate surface area is 146 Å². The van der Waals surface area contributed by atoms with Gasteiger partial charge < -0.3 is 9.84 Å². The van der Waals surface area contributed by atoms with E-state index >= 15 is 0 Å². The lowest BCUT2D eigenvalue weighted by atomic mass is 10.0. The van der Waals surface area contributed by atoms with E-state index < -0.39 is 6.09 Å². The van der Waals surface area contributed by atoms with Gasteiger partial charge in [0.25, 0.3) is 0 Å². The Bertz CT molecular complexity index is 847. The summed E-state index contributed by atoms with van der Waals surface area (Å²) in [4.78, 5) is 25.6. The molecule has 5 nitrogen and oxygen atoms in total. The number of hydrogen-bond donors (Lipinski definition) is 1. The smallest absolute Gasteiger partial charge is 0.414 e. The molecule has 25 heavy (non-hydrogen) atoms. The number of rotatable bonds is 4. The van der Waals surface area contributed by atoms with Gasteiger partial charge in [0.15, 0.2) is 5.78 Å². The van der Waals surface area contributed by atoms with E-state index in [1.165, 1.54) is 11.0 Å². The first-order valence-electron chi connectivity index (χ1n) is 8.02. The highest BCUT2D eigenvalue weighted by Gasteiger charge is 2.23. The number of allylic oxidation sites excluding steroid dienone is 1. The van der Waals surface area contributed by atoms with Gasteiger partial charge >= 0.3 is 6.09 Å². The Morgan fingerprint density at radius 1 is 1.20 bits per heavy atom. The van der Waals surface area contributed by atoms with Crippen molar-refractivity contribution in [3.05, 3.63) is 64.7 Å². The number of phenols is 1. The number of amides is 1. The molecule has 0 saturated carbocycles. The van der Waals surface area contributed by atoms with Crippen molar-refractivity contribution in [3.63, 3.8) is 0 Å². The minimum absolute atomic E-state index is 0.155. The molecular formula is C20H19NO4. The number of ether oxygens (including phenoxy) is 1. The van der Waals surface area contributed by atoms with Crippen molar-refractivity contribution in [2.75, 3.05) is 18.1 Å². The van der Waals surface area contributed by atoms with Crippen LogP contribution in [0.25, 0.3) is 6.08 Å². The molecule has 1 saturated heterocycles. The minimum atomic E-state index is -0.393. The summed E-state index contributed by atoms with van der Waals surface area (Å²) >= 11 is 0. The van der Waals surface area contributed by atoms with Crippen molar-refractivity contribution in [3.8, 4) is 5.75 Å². The van der Waals surface area contributed by atoms with E-state index in [1.807, 2.05) is 26.0 Å². The molecule has 1 amide bonds. The highest BCUT2D eigenvalue weighted by Crippen LogP contribution is 2.24. The van der Waals surface area contributed by atoms with Gasteiger partial charge in [0, 0.05) is 11.3 Å². The molecule has 2 aromatic carbocycles. The van der Waals surface area contributed by atoms with Gasteiger partial charge in [-0.05, 0) is 60.9 Å². The van der Waals surface area contributed by atoms with Crippen LogP contribution in [0.2, 0.25) is 0 Å². The van der Waals surface area contributed by atoms with Gasteiger partial charge in [-0.1, -0.05) is 18.2 Å². The number of benzene rings is 2. The predicted molar refractivity (Wildman–Crippen MR) is 96.1 cm³/mol. The summed E-state index contributed by atoms with van der Waals surface area (Å²) in [6.07, 6.45) is 2.82. The molecular weight excluding hydrogens is 318 g/mol. The van der Waals surface area contributed by atoms with E-state index in [2.05, 4.69) is 0 Å². The molecule has 0 spiro atoms. The summed E-state index contributed by atoms with van der Waals surface area (Å²) in [5, 5.41) is 9.81. The number of cyclic esters (lactones) is 1. The maximum absolute atomic E-state index is 12.4. The molecule has 1 aliphatic heterocycles. The number of carbonyl (C=O) groups excluding carboxylic acids is 2. The van der Waals surface area contributed by atoms with E-state index in [0.29, 0.717) is 24.4 Å². The van der Waals surface area contributed by atoms with Gasteiger partial charge in [-0.25, -0.2) is 4.79 Å². The van der Waals surface area contributed by atoms with E-state index in [9.17, 15) is 14.7 Å². The van der Waals surface area contributed by atoms with Crippen LogP contribution in [0.1, 0.15) is 27.0 Å². The van der Waals surface area contributed by atoms with Gasteiger partial charge in [-0.3, -0.25) is 9.69 Å². The number of nitrogens with zero attached hydrogens (tertiary/aromatic N) is 1. The Hall–Kier alpha value is -3.08. The second-order valence-electron chi connectivity index (χ2n) is 6.02. The topological polar surface area (TPSA) is 66.8 Å². The highest BCUT2D eigenvalue weighted by atomic mass is 16.6. The summed E-state index contributed by atoms with van der Waals surface area (Å²) in [6, 6.07) is 10.6. The quantitative estimate of drug-likeness (QED) is 0.679. The molecule has 1 heterocycles. The van der Waals surface area contributed by atoms with Crippen LogP contribution in [0.3, 0.4) is 0 Å². The van der Waals surface area contributed by atoms with Crippen molar-refractivity contribution in [2.24, 2.45) is 0 Å². The Kier molecular flexibility index (Phi) is 4.57. The number of ketones is 1. The Morgan fingerprint density at radius 2 is 1.92 bits per heavy atom. The zero-order chi connectivity index (χ0) is 18.0.